The molecule has 3 saturated heterocycles. The second-order valence-corrected chi connectivity index (χ2v) is 13.1. The molecule has 4 aliphatic rings. The van der Waals surface area contributed by atoms with E-state index in [0.717, 1.165) is 74.9 Å². The molecule has 0 bridgehead atoms. The molecule has 0 radical (unpaired) electrons. The number of ether oxygens (including phenoxy) is 2. The number of carbonyl (C=O) groups is 2. The number of imide groups is 1. The number of piperidine rings is 1. The summed E-state index contributed by atoms with van der Waals surface area (Å²) in [6, 6.07) is 14.8. The maximum Gasteiger partial charge on any atom is 0.234 e. The van der Waals surface area contributed by atoms with E-state index in [-0.39, 0.29) is 47.5 Å². The molecule has 2 aromatic carbocycles. The second-order valence-electron chi connectivity index (χ2n) is 13.1. The van der Waals surface area contributed by atoms with E-state index in [1.807, 2.05) is 12.1 Å². The molecular weight excluding hydrogens is 571 g/mol. The van der Waals surface area contributed by atoms with Gasteiger partial charge in [-0.3, -0.25) is 19.4 Å². The molecule has 6 rings (SSSR count). The van der Waals surface area contributed by atoms with Gasteiger partial charge < -0.3 is 14.6 Å². The van der Waals surface area contributed by atoms with Gasteiger partial charge in [-0.25, -0.2) is 4.39 Å². The number of likely N-dealkylation sites (tertiary alicyclic amines) is 2. The standard InChI is InChI=1S/C37H45FN2O5/c1-3-7-24(18-26-10-12-32(41)31(38)19-26)11-13-33-34-27(22-44-2)20-29-35(30(34)23-45-33)37(43)40(36(29)42)28-14-16-39(17-15-28)21-25-8-5-4-6-9-25/h4-6,8-10,12,18-19,28-30,33,35,41H,3,7,11,13-17,20-23H2,1-2H3/b24-18+/t29-,30+,33-,35-/m1/s1. The van der Waals surface area contributed by atoms with Gasteiger partial charge >= 0.3 is 0 Å². The molecule has 2 amide bonds. The van der Waals surface area contributed by atoms with Crippen molar-refractivity contribution in [1.29, 1.82) is 0 Å². The third-order valence-electron chi connectivity index (χ3n) is 10.2. The Morgan fingerprint density at radius 2 is 1.84 bits per heavy atom. The van der Waals surface area contributed by atoms with Gasteiger partial charge in [0.05, 0.1) is 31.2 Å². The molecule has 7 nitrogen and oxygen atoms in total. The number of hydrogen-bond donors (Lipinski definition) is 1. The summed E-state index contributed by atoms with van der Waals surface area (Å²) in [6.07, 6.45) is 7.35. The minimum absolute atomic E-state index is 0.0168. The van der Waals surface area contributed by atoms with E-state index in [9.17, 15) is 19.1 Å². The number of phenolic OH excluding ortho intramolecular Hbond substituents is 1. The lowest BCUT2D eigenvalue weighted by Gasteiger charge is -2.36. The van der Waals surface area contributed by atoms with E-state index in [1.54, 1.807) is 18.1 Å². The zero-order valence-electron chi connectivity index (χ0n) is 26.4. The molecule has 0 aromatic heterocycles. The van der Waals surface area contributed by atoms with Crippen molar-refractivity contribution in [3.63, 3.8) is 0 Å². The zero-order valence-corrected chi connectivity index (χ0v) is 26.4. The van der Waals surface area contributed by atoms with Crippen molar-refractivity contribution in [1.82, 2.24) is 9.80 Å². The first-order valence-electron chi connectivity index (χ1n) is 16.5. The average molecular weight is 617 g/mol. The Balaban J connectivity index is 1.14. The molecule has 45 heavy (non-hydrogen) atoms. The third-order valence-corrected chi connectivity index (χ3v) is 10.2. The van der Waals surface area contributed by atoms with Crippen molar-refractivity contribution in [2.24, 2.45) is 17.8 Å². The Morgan fingerprint density at radius 3 is 2.56 bits per heavy atom. The highest BCUT2D eigenvalue weighted by Gasteiger charge is 2.58. The number of allylic oxidation sites excluding steroid dienone is 1. The van der Waals surface area contributed by atoms with Gasteiger partial charge in [-0.15, -0.1) is 0 Å². The number of halogens is 1. The normalized spacial score (nSPS) is 26.1. The lowest BCUT2D eigenvalue weighted by Crippen LogP contribution is -2.47. The first kappa shape index (κ1) is 31.6. The van der Waals surface area contributed by atoms with E-state index < -0.39 is 5.82 Å². The summed E-state index contributed by atoms with van der Waals surface area (Å²) in [5.41, 5.74) is 5.45. The number of rotatable bonds is 11. The number of aromatic hydroxyl groups is 1. The average Bonchev–Trinajstić information content (AvgIpc) is 3.57. The van der Waals surface area contributed by atoms with Crippen LogP contribution in [0.25, 0.3) is 6.08 Å². The van der Waals surface area contributed by atoms with Crippen LogP contribution in [0.1, 0.15) is 63.0 Å². The van der Waals surface area contributed by atoms with Crippen molar-refractivity contribution in [2.45, 2.75) is 70.6 Å². The summed E-state index contributed by atoms with van der Waals surface area (Å²) in [7, 11) is 1.68. The van der Waals surface area contributed by atoms with Gasteiger partial charge in [-0.1, -0.05) is 61.4 Å². The molecule has 0 unspecified atom stereocenters. The predicted octanol–water partition coefficient (Wildman–Crippen LogP) is 6.12. The summed E-state index contributed by atoms with van der Waals surface area (Å²) >= 11 is 0. The Kier molecular flexibility index (Phi) is 9.83. The fraction of sp³-hybridized carbons (Fsp3) is 0.514. The van der Waals surface area contributed by atoms with E-state index in [4.69, 9.17) is 9.47 Å². The van der Waals surface area contributed by atoms with Crippen molar-refractivity contribution in [3.05, 3.63) is 82.2 Å². The fourth-order valence-corrected chi connectivity index (χ4v) is 8.10. The highest BCUT2D eigenvalue weighted by atomic mass is 19.1. The Labute approximate surface area is 265 Å². The van der Waals surface area contributed by atoms with Crippen LogP contribution in [-0.4, -0.2) is 72.3 Å². The monoisotopic (exact) mass is 616 g/mol. The number of hydrogen-bond acceptors (Lipinski definition) is 6. The number of phenols is 1. The highest BCUT2D eigenvalue weighted by Crippen LogP contribution is 2.50. The molecule has 2 aromatic rings. The molecular formula is C37H45FN2O5. The maximum absolute atomic E-state index is 14.1. The van der Waals surface area contributed by atoms with Gasteiger partial charge in [0.1, 0.15) is 0 Å². The van der Waals surface area contributed by atoms with E-state index in [1.165, 1.54) is 23.3 Å². The number of carbonyl (C=O) groups excluding carboxylic acids is 2. The smallest absolute Gasteiger partial charge is 0.234 e. The van der Waals surface area contributed by atoms with Gasteiger partial charge in [0.2, 0.25) is 11.8 Å². The Hall–Kier alpha value is -3.33. The van der Waals surface area contributed by atoms with Crippen molar-refractivity contribution < 1.29 is 28.6 Å². The van der Waals surface area contributed by atoms with Gasteiger partial charge in [-0.05, 0) is 72.9 Å². The molecule has 3 aliphatic heterocycles. The maximum atomic E-state index is 14.1. The number of nitrogens with zero attached hydrogens (tertiary/aromatic N) is 2. The molecule has 8 heteroatoms. The van der Waals surface area contributed by atoms with Crippen LogP contribution in [0.4, 0.5) is 4.39 Å². The minimum atomic E-state index is -0.629. The lowest BCUT2D eigenvalue weighted by atomic mass is 9.69. The van der Waals surface area contributed by atoms with E-state index in [0.29, 0.717) is 19.6 Å². The van der Waals surface area contributed by atoms with Crippen LogP contribution >= 0.6 is 0 Å². The molecule has 0 saturated carbocycles. The Morgan fingerprint density at radius 1 is 1.07 bits per heavy atom. The summed E-state index contributed by atoms with van der Waals surface area (Å²) in [4.78, 5) is 32.0. The number of methoxy groups -OCH3 is 1. The van der Waals surface area contributed by atoms with Crippen molar-refractivity contribution in [3.8, 4) is 5.75 Å². The van der Waals surface area contributed by atoms with E-state index >= 15 is 0 Å². The van der Waals surface area contributed by atoms with Gasteiger partial charge in [0, 0.05) is 38.7 Å². The van der Waals surface area contributed by atoms with Crippen LogP contribution in [0, 0.1) is 23.6 Å². The van der Waals surface area contributed by atoms with Crippen LogP contribution in [0.15, 0.2) is 65.3 Å². The largest absolute Gasteiger partial charge is 0.505 e. The van der Waals surface area contributed by atoms with Crippen LogP contribution in [0.3, 0.4) is 0 Å². The first-order valence-corrected chi connectivity index (χ1v) is 16.5. The van der Waals surface area contributed by atoms with Crippen LogP contribution < -0.4 is 0 Å². The summed E-state index contributed by atoms with van der Waals surface area (Å²) in [6.45, 7) is 5.60. The molecule has 4 atom stereocenters. The quantitative estimate of drug-likeness (QED) is 0.242. The van der Waals surface area contributed by atoms with Crippen molar-refractivity contribution >= 4 is 17.9 Å². The third kappa shape index (κ3) is 6.64. The Bertz CT molecular complexity index is 1450. The molecule has 3 heterocycles. The van der Waals surface area contributed by atoms with Crippen LogP contribution in [0.2, 0.25) is 0 Å². The topological polar surface area (TPSA) is 79.3 Å². The number of amides is 2. The zero-order chi connectivity index (χ0) is 31.5. The summed E-state index contributed by atoms with van der Waals surface area (Å²) in [5.74, 6) is -1.84. The second kappa shape index (κ2) is 14.0. The fourth-order valence-electron chi connectivity index (χ4n) is 8.10. The van der Waals surface area contributed by atoms with Crippen LogP contribution in [-0.2, 0) is 25.6 Å². The lowest BCUT2D eigenvalue weighted by molar-refractivity contribution is -0.144. The predicted molar refractivity (Wildman–Crippen MR) is 171 cm³/mol. The molecule has 3 fully saturated rings. The molecule has 240 valence electrons. The minimum Gasteiger partial charge on any atom is -0.505 e. The van der Waals surface area contributed by atoms with Gasteiger partial charge in [-0.2, -0.15) is 0 Å². The number of benzene rings is 2. The number of fused-ring (bicyclic) bond motifs is 3. The molecule has 1 aliphatic carbocycles. The highest BCUT2D eigenvalue weighted by molar-refractivity contribution is 6.06. The van der Waals surface area contributed by atoms with Crippen molar-refractivity contribution in [2.75, 3.05) is 33.4 Å². The first-order chi connectivity index (χ1) is 21.9. The molecule has 1 N–H and O–H groups in total. The summed E-state index contributed by atoms with van der Waals surface area (Å²) in [5, 5.41) is 9.58. The van der Waals surface area contributed by atoms with Gasteiger partial charge in [0.15, 0.2) is 11.6 Å². The SMILES string of the molecule is CCC/C(=C\c1ccc(O)c(F)c1)CC[C@H]1OC[C@H]2C1=C(COC)C[C@H]1C(=O)N(C3CCN(Cc4ccccc4)CC3)C(=O)[C@H]12. The van der Waals surface area contributed by atoms with E-state index in [2.05, 4.69) is 36.1 Å². The van der Waals surface area contributed by atoms with Gasteiger partial charge in [0.25, 0.3) is 0 Å². The molecule has 0 spiro atoms. The van der Waals surface area contributed by atoms with Crippen LogP contribution in [0.5, 0.6) is 5.75 Å². The summed E-state index contributed by atoms with van der Waals surface area (Å²) < 4.78 is 26.0.